The predicted octanol–water partition coefficient (Wildman–Crippen LogP) is 6.01. The molecule has 0 saturated heterocycles. The Morgan fingerprint density at radius 3 is 2.21 bits per heavy atom. The number of nitrogens with zero attached hydrogens (tertiary/aromatic N) is 1. The largest absolute Gasteiger partial charge is 0.325 e. The van der Waals surface area contributed by atoms with Gasteiger partial charge < -0.3 is 4.72 Å². The molecule has 0 amide bonds. The number of carbonyl (C=O) groups is 1. The first-order valence-corrected chi connectivity index (χ1v) is 9.55. The Bertz CT molecular complexity index is 984. The monoisotopic (exact) mass is 398 g/mol. The maximum Gasteiger partial charge on any atom is 0.198 e. The normalized spacial score (nSPS) is 11.3. The molecule has 1 aromatic heterocycles. The number of anilines is 1. The molecule has 6 heteroatoms. The van der Waals surface area contributed by atoms with Crippen molar-refractivity contribution in [1.29, 1.82) is 0 Å². The molecule has 3 rings (SSSR count). The Morgan fingerprint density at radius 2 is 1.61 bits per heavy atom. The lowest BCUT2D eigenvalue weighted by Gasteiger charge is -2.19. The summed E-state index contributed by atoms with van der Waals surface area (Å²) in [6.07, 6.45) is 2.87. The number of aromatic nitrogens is 1. The Balaban J connectivity index is 1.86. The zero-order chi connectivity index (χ0) is 20.3. The molecule has 0 spiro atoms. The van der Waals surface area contributed by atoms with Crippen LogP contribution in [-0.2, 0) is 5.41 Å². The van der Waals surface area contributed by atoms with Crippen molar-refractivity contribution in [2.75, 3.05) is 4.72 Å². The van der Waals surface area contributed by atoms with Crippen LogP contribution in [0.1, 0.15) is 42.3 Å². The highest BCUT2D eigenvalue weighted by Crippen LogP contribution is 2.30. The van der Waals surface area contributed by atoms with Crippen LogP contribution < -0.4 is 4.72 Å². The average molecular weight is 398 g/mol. The number of rotatable bonds is 5. The minimum Gasteiger partial charge on any atom is -0.325 e. The van der Waals surface area contributed by atoms with Crippen molar-refractivity contribution in [3.63, 3.8) is 0 Å². The second-order valence-electron chi connectivity index (χ2n) is 7.33. The standard InChI is InChI=1S/C22H20F2N2OS/c1-22(2,3)15-4-6-16(7-5-15)28-26-18-9-8-17(23)20(24)19(18)21(27)14-10-12-25-13-11-14/h4-13,26H,1-3H3. The fourth-order valence-electron chi connectivity index (χ4n) is 2.64. The van der Waals surface area contributed by atoms with E-state index in [4.69, 9.17) is 0 Å². The van der Waals surface area contributed by atoms with Crippen molar-refractivity contribution in [2.45, 2.75) is 31.1 Å². The van der Waals surface area contributed by atoms with Crippen molar-refractivity contribution in [2.24, 2.45) is 0 Å². The Kier molecular flexibility index (Phi) is 5.79. The number of carbonyl (C=O) groups excluding carboxylic acids is 1. The van der Waals surface area contributed by atoms with Gasteiger partial charge in [-0.3, -0.25) is 9.78 Å². The third-order valence-corrected chi connectivity index (χ3v) is 5.09. The van der Waals surface area contributed by atoms with Gasteiger partial charge in [0.1, 0.15) is 0 Å². The van der Waals surface area contributed by atoms with E-state index in [1.54, 1.807) is 0 Å². The van der Waals surface area contributed by atoms with Crippen LogP contribution in [0.2, 0.25) is 0 Å². The Hall–Kier alpha value is -2.73. The van der Waals surface area contributed by atoms with Gasteiger partial charge in [-0.05, 0) is 59.3 Å². The molecular weight excluding hydrogens is 378 g/mol. The summed E-state index contributed by atoms with van der Waals surface area (Å²) in [5, 5.41) is 0. The van der Waals surface area contributed by atoms with Crippen LogP contribution in [0.5, 0.6) is 0 Å². The maximum atomic E-state index is 14.4. The van der Waals surface area contributed by atoms with Crippen molar-refractivity contribution in [3.8, 4) is 0 Å². The van der Waals surface area contributed by atoms with Gasteiger partial charge in [-0.25, -0.2) is 8.78 Å². The third kappa shape index (κ3) is 4.39. The van der Waals surface area contributed by atoms with E-state index in [1.807, 2.05) is 24.3 Å². The third-order valence-electron chi connectivity index (χ3n) is 4.26. The van der Waals surface area contributed by atoms with E-state index >= 15 is 0 Å². The van der Waals surface area contributed by atoms with E-state index < -0.39 is 17.4 Å². The fourth-order valence-corrected chi connectivity index (χ4v) is 3.31. The van der Waals surface area contributed by atoms with E-state index in [0.29, 0.717) is 0 Å². The molecule has 28 heavy (non-hydrogen) atoms. The first-order chi connectivity index (χ1) is 13.3. The SMILES string of the molecule is CC(C)(C)c1ccc(SNc2ccc(F)c(F)c2C(=O)c2ccncc2)cc1. The van der Waals surface area contributed by atoms with Gasteiger partial charge in [0.15, 0.2) is 17.4 Å². The first-order valence-electron chi connectivity index (χ1n) is 8.73. The number of ketones is 1. The minimum absolute atomic E-state index is 0.0425. The van der Waals surface area contributed by atoms with E-state index in [-0.39, 0.29) is 22.2 Å². The fraction of sp³-hybridized carbons (Fsp3) is 0.182. The number of benzene rings is 2. The Labute approximate surface area is 167 Å². The van der Waals surface area contributed by atoms with Crippen LogP contribution >= 0.6 is 11.9 Å². The smallest absolute Gasteiger partial charge is 0.198 e. The predicted molar refractivity (Wildman–Crippen MR) is 109 cm³/mol. The molecule has 0 aliphatic rings. The highest BCUT2D eigenvalue weighted by atomic mass is 32.2. The second kappa shape index (κ2) is 8.10. The van der Waals surface area contributed by atoms with E-state index in [2.05, 4.69) is 30.5 Å². The molecule has 1 N–H and O–H groups in total. The molecule has 0 aliphatic heterocycles. The average Bonchev–Trinajstić information content (AvgIpc) is 2.68. The molecule has 0 atom stereocenters. The lowest BCUT2D eigenvalue weighted by Crippen LogP contribution is -2.10. The highest BCUT2D eigenvalue weighted by molar-refractivity contribution is 8.00. The van der Waals surface area contributed by atoms with Gasteiger partial charge in [0.05, 0.1) is 11.3 Å². The summed E-state index contributed by atoms with van der Waals surface area (Å²) >= 11 is 1.23. The molecule has 0 bridgehead atoms. The summed E-state index contributed by atoms with van der Waals surface area (Å²) < 4.78 is 31.2. The summed E-state index contributed by atoms with van der Waals surface area (Å²) in [7, 11) is 0. The minimum atomic E-state index is -1.17. The van der Waals surface area contributed by atoms with E-state index in [9.17, 15) is 13.6 Å². The number of nitrogens with one attached hydrogen (secondary N) is 1. The second-order valence-corrected chi connectivity index (χ2v) is 8.21. The highest BCUT2D eigenvalue weighted by Gasteiger charge is 2.22. The van der Waals surface area contributed by atoms with Crippen LogP contribution in [0.4, 0.5) is 14.5 Å². The van der Waals surface area contributed by atoms with Crippen LogP contribution in [0.15, 0.2) is 65.8 Å². The van der Waals surface area contributed by atoms with Crippen molar-refractivity contribution >= 4 is 23.4 Å². The summed E-state index contributed by atoms with van der Waals surface area (Å²) in [5.41, 5.74) is 1.36. The summed E-state index contributed by atoms with van der Waals surface area (Å²) in [5.74, 6) is -2.84. The molecule has 0 radical (unpaired) electrons. The number of hydrogen-bond acceptors (Lipinski definition) is 4. The zero-order valence-corrected chi connectivity index (χ0v) is 16.6. The van der Waals surface area contributed by atoms with Gasteiger partial charge in [0, 0.05) is 22.9 Å². The summed E-state index contributed by atoms with van der Waals surface area (Å²) in [4.78, 5) is 17.5. The van der Waals surface area contributed by atoms with Crippen molar-refractivity contribution in [1.82, 2.24) is 4.98 Å². The lowest BCUT2D eigenvalue weighted by molar-refractivity contribution is 0.103. The van der Waals surface area contributed by atoms with Crippen LogP contribution in [0, 0.1) is 11.6 Å². The number of pyridine rings is 1. The van der Waals surface area contributed by atoms with Gasteiger partial charge >= 0.3 is 0 Å². The Morgan fingerprint density at radius 1 is 0.964 bits per heavy atom. The summed E-state index contributed by atoms with van der Waals surface area (Å²) in [6, 6.07) is 13.2. The molecule has 1 heterocycles. The molecule has 2 aromatic carbocycles. The lowest BCUT2D eigenvalue weighted by atomic mass is 9.87. The van der Waals surface area contributed by atoms with Gasteiger partial charge in [0.25, 0.3) is 0 Å². The molecule has 0 saturated carbocycles. The topological polar surface area (TPSA) is 42.0 Å². The zero-order valence-electron chi connectivity index (χ0n) is 15.8. The van der Waals surface area contributed by atoms with Crippen LogP contribution in [-0.4, -0.2) is 10.8 Å². The molecule has 144 valence electrons. The van der Waals surface area contributed by atoms with Gasteiger partial charge in [-0.1, -0.05) is 32.9 Å². The maximum absolute atomic E-state index is 14.4. The van der Waals surface area contributed by atoms with Crippen LogP contribution in [0.3, 0.4) is 0 Å². The quantitative estimate of drug-likeness (QED) is 0.422. The van der Waals surface area contributed by atoms with Gasteiger partial charge in [-0.15, -0.1) is 0 Å². The van der Waals surface area contributed by atoms with E-state index in [0.717, 1.165) is 11.0 Å². The first kappa shape index (κ1) is 20.0. The number of hydrogen-bond donors (Lipinski definition) is 1. The van der Waals surface area contributed by atoms with Gasteiger partial charge in [-0.2, -0.15) is 0 Å². The van der Waals surface area contributed by atoms with Gasteiger partial charge in [0.2, 0.25) is 0 Å². The van der Waals surface area contributed by atoms with Crippen molar-refractivity contribution < 1.29 is 13.6 Å². The molecule has 3 nitrogen and oxygen atoms in total. The number of halogens is 2. The molecular formula is C22H20F2N2OS. The molecule has 3 aromatic rings. The molecule has 0 aliphatic carbocycles. The van der Waals surface area contributed by atoms with E-state index in [1.165, 1.54) is 48.1 Å². The van der Waals surface area contributed by atoms with Crippen LogP contribution in [0.25, 0.3) is 0 Å². The summed E-state index contributed by atoms with van der Waals surface area (Å²) in [6.45, 7) is 6.39. The molecule has 0 unspecified atom stereocenters. The molecule has 0 fully saturated rings. The van der Waals surface area contributed by atoms with Crippen molar-refractivity contribution in [3.05, 3.63) is 89.2 Å².